The molecule has 0 aromatic heterocycles. The lowest BCUT2D eigenvalue weighted by Crippen LogP contribution is -2.33. The Kier molecular flexibility index (Phi) is 4.46. The molecule has 1 aliphatic rings. The van der Waals surface area contributed by atoms with Crippen LogP contribution in [0.1, 0.15) is 19.8 Å². The number of para-hydroxylation sites is 1. The molecule has 1 atom stereocenters. The van der Waals surface area contributed by atoms with Gasteiger partial charge in [0.2, 0.25) is 0 Å². The van der Waals surface area contributed by atoms with Crippen LogP contribution in [-0.2, 0) is 0 Å². The Bertz CT molecular complexity index is 340. The van der Waals surface area contributed by atoms with Crippen LogP contribution >= 0.6 is 22.6 Å². The summed E-state index contributed by atoms with van der Waals surface area (Å²) in [6, 6.07) is 9.32. The van der Waals surface area contributed by atoms with Crippen LogP contribution in [0.5, 0.6) is 0 Å². The zero-order valence-electron chi connectivity index (χ0n) is 9.75. The Morgan fingerprint density at radius 2 is 2.25 bits per heavy atom. The van der Waals surface area contributed by atoms with E-state index in [0.29, 0.717) is 6.04 Å². The zero-order valence-corrected chi connectivity index (χ0v) is 11.9. The molecule has 1 N–H and O–H groups in total. The zero-order chi connectivity index (χ0) is 11.4. The number of nitrogens with one attached hydrogen (secondary N) is 1. The molecule has 0 bridgehead atoms. The van der Waals surface area contributed by atoms with Gasteiger partial charge in [-0.25, -0.2) is 0 Å². The van der Waals surface area contributed by atoms with Gasteiger partial charge in [0.1, 0.15) is 0 Å². The van der Waals surface area contributed by atoms with Crippen LogP contribution in [0.25, 0.3) is 0 Å². The number of anilines is 1. The van der Waals surface area contributed by atoms with Crippen molar-refractivity contribution in [3.05, 3.63) is 27.8 Å². The van der Waals surface area contributed by atoms with E-state index in [0.717, 1.165) is 13.1 Å². The van der Waals surface area contributed by atoms with E-state index in [1.807, 2.05) is 0 Å². The normalized spacial score (nSPS) is 20.4. The van der Waals surface area contributed by atoms with Gasteiger partial charge in [-0.1, -0.05) is 19.1 Å². The molecule has 16 heavy (non-hydrogen) atoms. The van der Waals surface area contributed by atoms with Gasteiger partial charge in [-0.05, 0) is 54.1 Å². The second kappa shape index (κ2) is 5.87. The molecule has 1 saturated heterocycles. The summed E-state index contributed by atoms with van der Waals surface area (Å²) in [6.07, 6.45) is 2.49. The van der Waals surface area contributed by atoms with E-state index in [2.05, 4.69) is 64.0 Å². The lowest BCUT2D eigenvalue weighted by atomic mass is 10.2. The van der Waals surface area contributed by atoms with Crippen molar-refractivity contribution in [1.29, 1.82) is 0 Å². The quantitative estimate of drug-likeness (QED) is 0.854. The maximum absolute atomic E-state index is 3.61. The van der Waals surface area contributed by atoms with Gasteiger partial charge in [0.25, 0.3) is 0 Å². The Morgan fingerprint density at radius 3 is 3.00 bits per heavy atom. The van der Waals surface area contributed by atoms with E-state index in [1.165, 1.54) is 28.6 Å². The molecular weight excluding hydrogens is 311 g/mol. The van der Waals surface area contributed by atoms with E-state index in [1.54, 1.807) is 0 Å². The molecule has 0 radical (unpaired) electrons. The highest BCUT2D eigenvalue weighted by Crippen LogP contribution is 2.25. The second-order valence-corrected chi connectivity index (χ2v) is 5.50. The first kappa shape index (κ1) is 12.2. The smallest absolute Gasteiger partial charge is 0.0502 e. The molecule has 1 aromatic rings. The topological polar surface area (TPSA) is 15.3 Å². The first-order valence-electron chi connectivity index (χ1n) is 6.04. The van der Waals surface area contributed by atoms with Gasteiger partial charge in [-0.3, -0.25) is 0 Å². The highest BCUT2D eigenvalue weighted by molar-refractivity contribution is 14.1. The summed E-state index contributed by atoms with van der Waals surface area (Å²) in [6.45, 7) is 5.70. The summed E-state index contributed by atoms with van der Waals surface area (Å²) < 4.78 is 1.36. The molecule has 0 spiro atoms. The van der Waals surface area contributed by atoms with Gasteiger partial charge in [0.05, 0.1) is 5.69 Å². The monoisotopic (exact) mass is 330 g/mol. The molecule has 1 fully saturated rings. The van der Waals surface area contributed by atoms with Crippen LogP contribution in [0.3, 0.4) is 0 Å². The number of rotatable bonds is 4. The van der Waals surface area contributed by atoms with E-state index in [4.69, 9.17) is 0 Å². The van der Waals surface area contributed by atoms with Crippen molar-refractivity contribution < 1.29 is 0 Å². The van der Waals surface area contributed by atoms with Gasteiger partial charge in [-0.15, -0.1) is 0 Å². The predicted molar refractivity (Wildman–Crippen MR) is 78.1 cm³/mol. The minimum absolute atomic E-state index is 0.677. The van der Waals surface area contributed by atoms with Gasteiger partial charge in [0.15, 0.2) is 0 Å². The fourth-order valence-electron chi connectivity index (χ4n) is 2.20. The molecule has 1 unspecified atom stereocenters. The van der Waals surface area contributed by atoms with Crippen molar-refractivity contribution in [2.45, 2.75) is 25.8 Å². The number of hydrogen-bond donors (Lipinski definition) is 1. The Labute approximate surface area is 112 Å². The van der Waals surface area contributed by atoms with E-state index >= 15 is 0 Å². The van der Waals surface area contributed by atoms with Gasteiger partial charge in [0, 0.05) is 22.7 Å². The first-order chi connectivity index (χ1) is 7.81. The number of nitrogens with zero attached hydrogens (tertiary/aromatic N) is 1. The largest absolute Gasteiger partial charge is 0.369 e. The highest BCUT2D eigenvalue weighted by Gasteiger charge is 2.22. The van der Waals surface area contributed by atoms with Crippen molar-refractivity contribution in [1.82, 2.24) is 5.32 Å². The molecule has 88 valence electrons. The van der Waals surface area contributed by atoms with Gasteiger partial charge >= 0.3 is 0 Å². The van der Waals surface area contributed by atoms with Crippen molar-refractivity contribution in [3.63, 3.8) is 0 Å². The van der Waals surface area contributed by atoms with E-state index in [9.17, 15) is 0 Å². The fraction of sp³-hybridized carbons (Fsp3) is 0.538. The lowest BCUT2D eigenvalue weighted by molar-refractivity contribution is 0.549. The lowest BCUT2D eigenvalue weighted by Gasteiger charge is -2.20. The molecule has 1 aliphatic heterocycles. The molecule has 0 saturated carbocycles. The third-order valence-electron chi connectivity index (χ3n) is 3.06. The molecule has 0 aliphatic carbocycles. The molecule has 2 nitrogen and oxygen atoms in total. The number of halogens is 1. The van der Waals surface area contributed by atoms with Gasteiger partial charge < -0.3 is 10.2 Å². The number of hydrogen-bond acceptors (Lipinski definition) is 2. The van der Waals surface area contributed by atoms with Crippen molar-refractivity contribution >= 4 is 28.3 Å². The SMILES string of the molecule is CCCNC1CCN(c2ccccc2I)C1. The minimum atomic E-state index is 0.677. The fourth-order valence-corrected chi connectivity index (χ4v) is 2.93. The minimum Gasteiger partial charge on any atom is -0.369 e. The van der Waals surface area contributed by atoms with Crippen molar-refractivity contribution in [2.24, 2.45) is 0 Å². The van der Waals surface area contributed by atoms with E-state index < -0.39 is 0 Å². The maximum Gasteiger partial charge on any atom is 0.0502 e. The van der Waals surface area contributed by atoms with Crippen molar-refractivity contribution in [2.75, 3.05) is 24.5 Å². The molecule has 1 aromatic carbocycles. The van der Waals surface area contributed by atoms with Gasteiger partial charge in [-0.2, -0.15) is 0 Å². The first-order valence-corrected chi connectivity index (χ1v) is 7.12. The molecule has 3 heteroatoms. The summed E-state index contributed by atoms with van der Waals surface area (Å²) in [7, 11) is 0. The van der Waals surface area contributed by atoms with E-state index in [-0.39, 0.29) is 0 Å². The Balaban J connectivity index is 1.96. The van der Waals surface area contributed by atoms with Crippen LogP contribution in [0, 0.1) is 3.57 Å². The average Bonchev–Trinajstić information content (AvgIpc) is 2.75. The maximum atomic E-state index is 3.61. The molecule has 0 amide bonds. The van der Waals surface area contributed by atoms with Crippen LogP contribution in [0.15, 0.2) is 24.3 Å². The molecular formula is C13H19IN2. The van der Waals surface area contributed by atoms with Crippen molar-refractivity contribution in [3.8, 4) is 0 Å². The summed E-state index contributed by atoms with van der Waals surface area (Å²) >= 11 is 2.42. The third kappa shape index (κ3) is 2.88. The summed E-state index contributed by atoms with van der Waals surface area (Å²) in [5.41, 5.74) is 1.39. The van der Waals surface area contributed by atoms with Crippen LogP contribution in [-0.4, -0.2) is 25.7 Å². The second-order valence-electron chi connectivity index (χ2n) is 4.34. The summed E-state index contributed by atoms with van der Waals surface area (Å²) in [4.78, 5) is 2.50. The predicted octanol–water partition coefficient (Wildman–Crippen LogP) is 2.87. The Morgan fingerprint density at radius 1 is 1.44 bits per heavy atom. The molecule has 1 heterocycles. The third-order valence-corrected chi connectivity index (χ3v) is 3.98. The Hall–Kier alpha value is -0.290. The molecule has 2 rings (SSSR count). The van der Waals surface area contributed by atoms with Crippen LogP contribution in [0.2, 0.25) is 0 Å². The summed E-state index contributed by atoms with van der Waals surface area (Å²) in [5, 5.41) is 3.61. The number of benzene rings is 1. The van der Waals surface area contributed by atoms with Crippen LogP contribution < -0.4 is 10.2 Å². The average molecular weight is 330 g/mol. The highest BCUT2D eigenvalue weighted by atomic mass is 127. The standard InChI is InChI=1S/C13H19IN2/c1-2-8-15-11-7-9-16(10-11)13-6-4-3-5-12(13)14/h3-6,11,15H,2,7-10H2,1H3. The van der Waals surface area contributed by atoms with Crippen LogP contribution in [0.4, 0.5) is 5.69 Å². The summed E-state index contributed by atoms with van der Waals surface area (Å²) in [5.74, 6) is 0.